The van der Waals surface area contributed by atoms with Crippen molar-refractivity contribution in [2.24, 2.45) is 0 Å². The molecular formula is C29H24N2O6. The van der Waals surface area contributed by atoms with Gasteiger partial charge in [-0.25, -0.2) is 4.79 Å². The van der Waals surface area contributed by atoms with E-state index >= 15 is 0 Å². The molecule has 2 heterocycles. The Hall–Kier alpha value is -4.85. The lowest BCUT2D eigenvalue weighted by molar-refractivity contribution is -0.132. The number of anilines is 1. The minimum atomic E-state index is -0.947. The third-order valence-corrected chi connectivity index (χ3v) is 6.36. The largest absolute Gasteiger partial charge is 0.507 e. The summed E-state index contributed by atoms with van der Waals surface area (Å²) in [6.07, 6.45) is 1.61. The number of aliphatic hydroxyl groups is 1. The van der Waals surface area contributed by atoms with E-state index < -0.39 is 23.7 Å². The number of Topliss-reactive ketones (excluding diaryl/α,β-unsaturated/α-hetero) is 1. The summed E-state index contributed by atoms with van der Waals surface area (Å²) in [5.74, 6) is -1.88. The number of amides is 1. The molecule has 1 unspecified atom stereocenters. The summed E-state index contributed by atoms with van der Waals surface area (Å²) in [7, 11) is 1.54. The van der Waals surface area contributed by atoms with Gasteiger partial charge in [0.15, 0.2) is 0 Å². The zero-order valence-electron chi connectivity index (χ0n) is 20.2. The van der Waals surface area contributed by atoms with Gasteiger partial charge in [0.2, 0.25) is 0 Å². The SMILES string of the molecule is CCOC(=O)c1cccc(N2C(=O)C(=O)/C(=C(\O)c3c[nH]c4ccccc34)C2c2ccc(OC)cc2)c1. The van der Waals surface area contributed by atoms with Crippen LogP contribution in [0.25, 0.3) is 16.7 Å². The molecule has 0 radical (unpaired) electrons. The molecule has 8 heteroatoms. The first kappa shape index (κ1) is 23.9. The van der Waals surface area contributed by atoms with Crippen molar-refractivity contribution in [3.8, 4) is 5.75 Å². The van der Waals surface area contributed by atoms with Gasteiger partial charge in [-0.1, -0.05) is 36.4 Å². The number of aromatic nitrogens is 1. The van der Waals surface area contributed by atoms with Crippen molar-refractivity contribution in [3.63, 3.8) is 0 Å². The minimum Gasteiger partial charge on any atom is -0.507 e. The predicted octanol–water partition coefficient (Wildman–Crippen LogP) is 4.98. The van der Waals surface area contributed by atoms with Crippen LogP contribution in [0, 0.1) is 0 Å². The topological polar surface area (TPSA) is 109 Å². The quantitative estimate of drug-likeness (QED) is 0.169. The molecule has 1 aliphatic heterocycles. The number of benzene rings is 3. The fourth-order valence-electron chi connectivity index (χ4n) is 4.61. The van der Waals surface area contributed by atoms with Gasteiger partial charge in [-0.2, -0.15) is 0 Å². The van der Waals surface area contributed by atoms with Gasteiger partial charge < -0.3 is 19.6 Å². The third kappa shape index (κ3) is 4.12. The second-order valence-electron chi connectivity index (χ2n) is 8.46. The van der Waals surface area contributed by atoms with E-state index in [0.717, 1.165) is 5.52 Å². The van der Waals surface area contributed by atoms with Crippen molar-refractivity contribution in [1.29, 1.82) is 0 Å². The number of rotatable bonds is 6. The van der Waals surface area contributed by atoms with Crippen LogP contribution >= 0.6 is 0 Å². The number of hydrogen-bond acceptors (Lipinski definition) is 6. The standard InChI is InChI=1S/C29H24N2O6/c1-3-37-29(35)18-7-6-8-19(15-18)31-25(17-11-13-20(36-2)14-12-17)24(27(33)28(31)34)26(32)22-16-30-23-10-5-4-9-21(22)23/h4-16,25,30,32H,3H2,1-2H3/b26-24-. The molecule has 3 aromatic carbocycles. The lowest BCUT2D eigenvalue weighted by Gasteiger charge is -2.26. The highest BCUT2D eigenvalue weighted by atomic mass is 16.5. The van der Waals surface area contributed by atoms with Crippen LogP contribution in [0.3, 0.4) is 0 Å². The van der Waals surface area contributed by atoms with Crippen molar-refractivity contribution in [2.45, 2.75) is 13.0 Å². The van der Waals surface area contributed by atoms with Crippen molar-refractivity contribution >= 4 is 40.0 Å². The Morgan fingerprint density at radius 2 is 1.78 bits per heavy atom. The molecule has 1 fully saturated rings. The zero-order chi connectivity index (χ0) is 26.1. The highest BCUT2D eigenvalue weighted by Gasteiger charge is 2.47. The zero-order valence-corrected chi connectivity index (χ0v) is 20.2. The molecule has 1 saturated heterocycles. The van der Waals surface area contributed by atoms with Crippen LogP contribution in [-0.2, 0) is 14.3 Å². The maximum atomic E-state index is 13.5. The smallest absolute Gasteiger partial charge is 0.338 e. The molecule has 0 saturated carbocycles. The van der Waals surface area contributed by atoms with E-state index in [1.165, 1.54) is 11.0 Å². The number of fused-ring (bicyclic) bond motifs is 1. The first-order valence-electron chi connectivity index (χ1n) is 11.7. The molecule has 37 heavy (non-hydrogen) atoms. The van der Waals surface area contributed by atoms with Crippen LogP contribution in [0.2, 0.25) is 0 Å². The summed E-state index contributed by atoms with van der Waals surface area (Å²) in [6, 6.07) is 19.7. The van der Waals surface area contributed by atoms with Gasteiger partial charge in [0.05, 0.1) is 30.9 Å². The van der Waals surface area contributed by atoms with Crippen LogP contribution in [-0.4, -0.2) is 41.5 Å². The first-order chi connectivity index (χ1) is 17.9. The van der Waals surface area contributed by atoms with E-state index in [-0.39, 0.29) is 23.5 Å². The van der Waals surface area contributed by atoms with Crippen LogP contribution in [0.15, 0.2) is 84.6 Å². The molecule has 0 bridgehead atoms. The van der Waals surface area contributed by atoms with Crippen LogP contribution in [0.1, 0.15) is 34.5 Å². The molecular weight excluding hydrogens is 472 g/mol. The summed E-state index contributed by atoms with van der Waals surface area (Å²) in [4.78, 5) is 43.7. The van der Waals surface area contributed by atoms with Gasteiger partial charge in [-0.05, 0) is 48.9 Å². The molecule has 0 spiro atoms. The summed E-state index contributed by atoms with van der Waals surface area (Å²) < 4.78 is 10.4. The van der Waals surface area contributed by atoms with Gasteiger partial charge in [-0.3, -0.25) is 14.5 Å². The van der Waals surface area contributed by atoms with Crippen LogP contribution in [0.4, 0.5) is 5.69 Å². The number of nitrogens with zero attached hydrogens (tertiary/aromatic N) is 1. The molecule has 1 aliphatic rings. The number of hydrogen-bond donors (Lipinski definition) is 2. The number of carbonyl (C=O) groups is 3. The van der Waals surface area contributed by atoms with E-state index in [0.29, 0.717) is 28.0 Å². The maximum absolute atomic E-state index is 13.5. The monoisotopic (exact) mass is 496 g/mol. The highest BCUT2D eigenvalue weighted by Crippen LogP contribution is 2.43. The number of nitrogens with one attached hydrogen (secondary N) is 1. The van der Waals surface area contributed by atoms with Gasteiger partial charge in [0.1, 0.15) is 11.5 Å². The number of esters is 1. The molecule has 1 aromatic heterocycles. The summed E-state index contributed by atoms with van der Waals surface area (Å²) in [6.45, 7) is 1.90. The number of carbonyl (C=O) groups excluding carboxylic acids is 3. The molecule has 2 N–H and O–H groups in total. The molecule has 186 valence electrons. The van der Waals surface area contributed by atoms with Crippen LogP contribution in [0.5, 0.6) is 5.75 Å². The van der Waals surface area contributed by atoms with E-state index in [9.17, 15) is 19.5 Å². The molecule has 8 nitrogen and oxygen atoms in total. The number of H-pyrrole nitrogens is 1. The number of aromatic amines is 1. The van der Waals surface area contributed by atoms with Crippen molar-refractivity contribution in [3.05, 3.63) is 101 Å². The Kier molecular flexibility index (Phi) is 6.23. The highest BCUT2D eigenvalue weighted by molar-refractivity contribution is 6.51. The average Bonchev–Trinajstić information content (AvgIpc) is 3.47. The molecule has 0 aliphatic carbocycles. The molecule has 4 aromatic rings. The number of methoxy groups -OCH3 is 1. The molecule has 1 amide bonds. The minimum absolute atomic E-state index is 0.0542. The van der Waals surface area contributed by atoms with Gasteiger partial charge in [-0.15, -0.1) is 0 Å². The van der Waals surface area contributed by atoms with E-state index in [2.05, 4.69) is 4.98 Å². The first-order valence-corrected chi connectivity index (χ1v) is 11.7. The molecule has 5 rings (SSSR count). The number of ether oxygens (including phenoxy) is 2. The number of para-hydroxylation sites is 1. The normalized spacial score (nSPS) is 16.8. The van der Waals surface area contributed by atoms with Crippen molar-refractivity contribution in [2.75, 3.05) is 18.6 Å². The fraction of sp³-hybridized carbons (Fsp3) is 0.138. The Bertz CT molecular complexity index is 1550. The number of ketones is 1. The van der Waals surface area contributed by atoms with Crippen molar-refractivity contribution < 1.29 is 29.0 Å². The van der Waals surface area contributed by atoms with Gasteiger partial charge in [0.25, 0.3) is 11.7 Å². The second kappa shape index (κ2) is 9.66. The Morgan fingerprint density at radius 1 is 1.03 bits per heavy atom. The summed E-state index contributed by atoms with van der Waals surface area (Å²) >= 11 is 0. The van der Waals surface area contributed by atoms with Gasteiger partial charge >= 0.3 is 5.97 Å². The van der Waals surface area contributed by atoms with Crippen LogP contribution < -0.4 is 9.64 Å². The van der Waals surface area contributed by atoms with E-state index in [4.69, 9.17) is 9.47 Å². The Labute approximate surface area is 212 Å². The third-order valence-electron chi connectivity index (χ3n) is 6.36. The Balaban J connectivity index is 1.71. The lowest BCUT2D eigenvalue weighted by atomic mass is 9.95. The number of aliphatic hydroxyl groups excluding tert-OH is 1. The Morgan fingerprint density at radius 3 is 2.51 bits per heavy atom. The maximum Gasteiger partial charge on any atom is 0.338 e. The lowest BCUT2D eigenvalue weighted by Crippen LogP contribution is -2.29. The second-order valence-corrected chi connectivity index (χ2v) is 8.46. The fourth-order valence-corrected chi connectivity index (χ4v) is 4.61. The summed E-state index contributed by atoms with van der Waals surface area (Å²) in [5.41, 5.74) is 2.29. The van der Waals surface area contributed by atoms with Crippen molar-refractivity contribution in [1.82, 2.24) is 4.98 Å². The van der Waals surface area contributed by atoms with Gasteiger partial charge in [0, 0.05) is 28.4 Å². The predicted molar refractivity (Wildman–Crippen MR) is 138 cm³/mol. The summed E-state index contributed by atoms with van der Waals surface area (Å²) in [5, 5.41) is 12.2. The molecule has 1 atom stereocenters. The van der Waals surface area contributed by atoms with E-state index in [1.54, 1.807) is 62.7 Å². The average molecular weight is 497 g/mol. The van der Waals surface area contributed by atoms with E-state index in [1.807, 2.05) is 24.3 Å².